The fourth-order valence-corrected chi connectivity index (χ4v) is 8.89. The van der Waals surface area contributed by atoms with E-state index in [1.807, 2.05) is 47.3 Å². The molecule has 1 fully saturated rings. The predicted octanol–water partition coefficient (Wildman–Crippen LogP) is 11.4. The molecule has 1 saturated carbocycles. The lowest BCUT2D eigenvalue weighted by atomic mass is 9.12. The number of carbonyl (C=O) groups excluding carboxylic acids is 1. The van der Waals surface area contributed by atoms with E-state index in [2.05, 4.69) is 36.4 Å². The molecule has 0 atom stereocenters. The number of pyridine rings is 1. The molecule has 0 unspecified atom stereocenters. The Labute approximate surface area is 392 Å². The molecule has 23 heteroatoms. The molecule has 6 aromatic carbocycles. The third-order valence-corrected chi connectivity index (χ3v) is 12.3. The van der Waals surface area contributed by atoms with Crippen LogP contribution in [0.15, 0.2) is 79.1 Å². The van der Waals surface area contributed by atoms with Crippen LogP contribution in [0.5, 0.6) is 0 Å². The highest BCUT2D eigenvalue weighted by Gasteiger charge is 2.52. The van der Waals surface area contributed by atoms with Gasteiger partial charge in [0.05, 0.1) is 0 Å². The smallest absolute Gasteiger partial charge is 0.227 e. The standard InChI is InChI=1S/C25H26NO.C24BF20/c27-25(24-9-5-2-6-10-24)19-26-17-15-23(16-18-26)22-13-11-21(12-14-22)20-7-3-1-4-8-20;26-5-1(6(27)14(35)21(42)13(5)34)25(2-7(28)15(36)22(43)16(37)8(2)29,3-9(30)17(38)23(44)18(39)10(3)31)4-11(32)19(40)24(45)20(41)12(4)33/h2,5-6,9-18,20H,1,3-4,7-8,19H2;/q+1;-1. The number of Topliss-reactive ketones (excluding diaryl/α,β-unsaturated/α-hetero) is 1. The average Bonchev–Trinajstić information content (AvgIpc) is 3.39. The summed E-state index contributed by atoms with van der Waals surface area (Å²) in [5, 5.41) is 0. The van der Waals surface area contributed by atoms with Gasteiger partial charge in [-0.3, -0.25) is 4.79 Å². The summed E-state index contributed by atoms with van der Waals surface area (Å²) in [5.41, 5.74) is -9.67. The lowest BCUT2D eigenvalue weighted by molar-refractivity contribution is -0.683. The zero-order valence-electron chi connectivity index (χ0n) is 35.8. The summed E-state index contributed by atoms with van der Waals surface area (Å²) in [6.07, 6.45) is 3.56. The van der Waals surface area contributed by atoms with E-state index in [0.717, 1.165) is 11.5 Å². The lowest BCUT2D eigenvalue weighted by Crippen LogP contribution is -2.81. The summed E-state index contributed by atoms with van der Waals surface area (Å²) >= 11 is 0. The van der Waals surface area contributed by atoms with E-state index in [1.54, 1.807) is 0 Å². The van der Waals surface area contributed by atoms with Gasteiger partial charge in [0.25, 0.3) is 0 Å². The molecule has 72 heavy (non-hydrogen) atoms. The van der Waals surface area contributed by atoms with Crippen molar-refractivity contribution in [1.29, 1.82) is 0 Å². The number of ketones is 1. The van der Waals surface area contributed by atoms with Crippen LogP contribution in [0.1, 0.15) is 53.9 Å². The minimum absolute atomic E-state index is 0.130. The second kappa shape index (κ2) is 20.5. The molecule has 376 valence electrons. The summed E-state index contributed by atoms with van der Waals surface area (Å²) in [7, 11) is 0. The van der Waals surface area contributed by atoms with Crippen LogP contribution < -0.4 is 26.4 Å². The number of rotatable bonds is 9. The molecule has 1 aliphatic rings. The Morgan fingerprint density at radius 1 is 0.375 bits per heavy atom. The number of halogens is 20. The van der Waals surface area contributed by atoms with Crippen LogP contribution in [-0.4, -0.2) is 11.9 Å². The summed E-state index contributed by atoms with van der Waals surface area (Å²) in [6, 6.07) is 22.7. The Morgan fingerprint density at radius 3 is 0.986 bits per heavy atom. The Morgan fingerprint density at radius 2 is 0.667 bits per heavy atom. The Balaban J connectivity index is 0.000000238. The van der Waals surface area contributed by atoms with Crippen molar-refractivity contribution in [1.82, 2.24) is 0 Å². The number of hydrogen-bond acceptors (Lipinski definition) is 1. The molecule has 0 N–H and O–H groups in total. The van der Waals surface area contributed by atoms with E-state index in [-0.39, 0.29) is 5.78 Å². The van der Waals surface area contributed by atoms with E-state index in [0.29, 0.717) is 6.54 Å². The molecular formula is C49H26BF20NO. The maximum atomic E-state index is 15.4. The normalized spacial score (nSPS) is 13.1. The van der Waals surface area contributed by atoms with Gasteiger partial charge in [-0.25, -0.2) is 87.8 Å². The van der Waals surface area contributed by atoms with Gasteiger partial charge in [-0.2, -0.15) is 4.57 Å². The first kappa shape index (κ1) is 52.6. The van der Waals surface area contributed by atoms with Gasteiger partial charge in [-0.05, 0) is 35.4 Å². The summed E-state index contributed by atoms with van der Waals surface area (Å²) in [5.74, 6) is -70.5. The second-order valence-corrected chi connectivity index (χ2v) is 16.3. The molecule has 0 aliphatic heterocycles. The molecular weight excluding hydrogens is 1010 g/mol. The molecule has 1 aliphatic carbocycles. The molecule has 1 aromatic heterocycles. The summed E-state index contributed by atoms with van der Waals surface area (Å²) < 4.78 is 296. The SMILES string of the molecule is Fc1c(F)c(F)c([B-](c2c(F)c(F)c(F)c(F)c2F)(c2c(F)c(F)c(F)c(F)c2F)c2c(F)c(F)c(F)c(F)c2F)c(F)c1F.O=C(C[n+]1ccc(-c2ccc(C3CCCCC3)cc2)cc1)c1ccccc1. The molecule has 0 spiro atoms. The first-order chi connectivity index (χ1) is 34.0. The van der Waals surface area contributed by atoms with Crippen molar-refractivity contribution in [3.8, 4) is 11.1 Å². The van der Waals surface area contributed by atoms with Crippen molar-refractivity contribution in [2.24, 2.45) is 0 Å². The van der Waals surface area contributed by atoms with Gasteiger partial charge in [0, 0.05) is 17.7 Å². The van der Waals surface area contributed by atoms with E-state index in [4.69, 9.17) is 0 Å². The topological polar surface area (TPSA) is 20.9 Å². The highest BCUT2D eigenvalue weighted by atomic mass is 19.2. The molecule has 2 nitrogen and oxygen atoms in total. The van der Waals surface area contributed by atoms with Crippen molar-refractivity contribution in [3.05, 3.63) is 207 Å². The number of carbonyl (C=O) groups is 1. The fourth-order valence-electron chi connectivity index (χ4n) is 8.89. The van der Waals surface area contributed by atoms with Gasteiger partial charge in [-0.15, -0.1) is 21.9 Å². The first-order valence-corrected chi connectivity index (χ1v) is 20.9. The van der Waals surface area contributed by atoms with E-state index in [1.165, 1.54) is 48.8 Å². The van der Waals surface area contributed by atoms with Crippen LogP contribution in [0.2, 0.25) is 0 Å². The number of benzene rings is 6. The Bertz CT molecular complexity index is 2870. The van der Waals surface area contributed by atoms with Crippen LogP contribution in [0.3, 0.4) is 0 Å². The largest absolute Gasteiger partial charge is 0.287 e. The number of aromatic nitrogens is 1. The number of nitrogens with zero attached hydrogens (tertiary/aromatic N) is 1. The quantitative estimate of drug-likeness (QED) is 0.0352. The molecule has 8 rings (SSSR count). The van der Waals surface area contributed by atoms with Crippen LogP contribution in [0.4, 0.5) is 87.8 Å². The maximum Gasteiger partial charge on any atom is 0.227 e. The Kier molecular flexibility index (Phi) is 15.0. The molecule has 7 aromatic rings. The monoisotopic (exact) mass is 1040 g/mol. The lowest BCUT2D eigenvalue weighted by Gasteiger charge is -2.44. The zero-order valence-corrected chi connectivity index (χ0v) is 35.8. The number of hydrogen-bond donors (Lipinski definition) is 0. The van der Waals surface area contributed by atoms with E-state index >= 15 is 35.1 Å². The first-order valence-electron chi connectivity index (χ1n) is 20.9. The molecule has 1 heterocycles. The van der Waals surface area contributed by atoms with Crippen LogP contribution in [0, 0.1) is 116 Å². The third kappa shape index (κ3) is 8.83. The molecule has 0 amide bonds. The van der Waals surface area contributed by atoms with Crippen molar-refractivity contribution in [3.63, 3.8) is 0 Å². The summed E-state index contributed by atoms with van der Waals surface area (Å²) in [4.78, 5) is 12.3. The van der Waals surface area contributed by atoms with Crippen molar-refractivity contribution < 1.29 is 97.2 Å². The maximum absolute atomic E-state index is 15.4. The van der Waals surface area contributed by atoms with Crippen molar-refractivity contribution in [2.45, 2.75) is 44.6 Å². The fraction of sp³-hybridized carbons (Fsp3) is 0.143. The molecule has 0 bridgehead atoms. The average molecular weight is 1040 g/mol. The van der Waals surface area contributed by atoms with Crippen molar-refractivity contribution in [2.75, 3.05) is 0 Å². The third-order valence-electron chi connectivity index (χ3n) is 12.3. The molecule has 0 radical (unpaired) electrons. The predicted molar refractivity (Wildman–Crippen MR) is 218 cm³/mol. The second-order valence-electron chi connectivity index (χ2n) is 16.3. The highest BCUT2D eigenvalue weighted by Crippen LogP contribution is 2.34. The van der Waals surface area contributed by atoms with Gasteiger partial charge < -0.3 is 0 Å². The van der Waals surface area contributed by atoms with E-state index < -0.39 is 144 Å². The van der Waals surface area contributed by atoms with Crippen molar-refractivity contribution >= 4 is 33.8 Å². The van der Waals surface area contributed by atoms with Crippen LogP contribution in [0.25, 0.3) is 11.1 Å². The Hall–Kier alpha value is -7.20. The van der Waals surface area contributed by atoms with Crippen LogP contribution in [-0.2, 0) is 6.54 Å². The van der Waals surface area contributed by atoms with Gasteiger partial charge in [0.1, 0.15) is 52.7 Å². The minimum Gasteiger partial charge on any atom is -0.287 e. The van der Waals surface area contributed by atoms with E-state index in [9.17, 15) is 57.5 Å². The van der Waals surface area contributed by atoms with Gasteiger partial charge in [-0.1, -0.05) is 73.9 Å². The zero-order chi connectivity index (χ0) is 52.8. The molecule has 0 saturated heterocycles. The summed E-state index contributed by atoms with van der Waals surface area (Å²) in [6.45, 7) is 0.366. The highest BCUT2D eigenvalue weighted by molar-refractivity contribution is 7.20. The van der Waals surface area contributed by atoms with Gasteiger partial charge in [0.2, 0.25) is 12.3 Å². The van der Waals surface area contributed by atoms with Crippen LogP contribution >= 0.6 is 0 Å². The van der Waals surface area contributed by atoms with Gasteiger partial charge in [0.15, 0.2) is 82.2 Å². The minimum atomic E-state index is -7.22. The van der Waals surface area contributed by atoms with Gasteiger partial charge >= 0.3 is 0 Å².